The summed E-state index contributed by atoms with van der Waals surface area (Å²) in [7, 11) is 0. The Hall–Kier alpha value is -1.09. The van der Waals surface area contributed by atoms with Crippen LogP contribution in [0.4, 0.5) is 5.82 Å². The van der Waals surface area contributed by atoms with Crippen molar-refractivity contribution < 1.29 is 0 Å². The van der Waals surface area contributed by atoms with Crippen LogP contribution in [0.3, 0.4) is 0 Å². The van der Waals surface area contributed by atoms with Gasteiger partial charge in [0.1, 0.15) is 5.82 Å². The van der Waals surface area contributed by atoms with Crippen LogP contribution < -0.4 is 10.2 Å². The number of pyridine rings is 1. The van der Waals surface area contributed by atoms with Gasteiger partial charge in [0.15, 0.2) is 0 Å². The SMILES string of the molecule is Cc1ccnc(N2CC(NC(C)C)C2)c1. The molecule has 1 fully saturated rings. The Balaban J connectivity index is 1.89. The van der Waals surface area contributed by atoms with E-state index in [4.69, 9.17) is 0 Å². The highest BCUT2D eigenvalue weighted by molar-refractivity contribution is 5.44. The molecule has 0 aromatic carbocycles. The smallest absolute Gasteiger partial charge is 0.128 e. The molecule has 0 amide bonds. The van der Waals surface area contributed by atoms with E-state index in [0.29, 0.717) is 12.1 Å². The van der Waals surface area contributed by atoms with Crippen molar-refractivity contribution in [2.45, 2.75) is 32.9 Å². The molecule has 1 aliphatic heterocycles. The first-order valence-electron chi connectivity index (χ1n) is 5.59. The van der Waals surface area contributed by atoms with Crippen LogP contribution in [-0.2, 0) is 0 Å². The van der Waals surface area contributed by atoms with Crippen LogP contribution in [0.5, 0.6) is 0 Å². The van der Waals surface area contributed by atoms with Gasteiger partial charge in [0.25, 0.3) is 0 Å². The second-order valence-electron chi connectivity index (χ2n) is 4.61. The second kappa shape index (κ2) is 4.19. The van der Waals surface area contributed by atoms with Gasteiger partial charge in [-0.1, -0.05) is 13.8 Å². The van der Waals surface area contributed by atoms with Crippen molar-refractivity contribution in [3.8, 4) is 0 Å². The summed E-state index contributed by atoms with van der Waals surface area (Å²) in [5.74, 6) is 1.11. The van der Waals surface area contributed by atoms with Gasteiger partial charge in [-0.2, -0.15) is 0 Å². The summed E-state index contributed by atoms with van der Waals surface area (Å²) >= 11 is 0. The third-order valence-electron chi connectivity index (χ3n) is 2.68. The van der Waals surface area contributed by atoms with Crippen LogP contribution in [0.1, 0.15) is 19.4 Å². The summed E-state index contributed by atoms with van der Waals surface area (Å²) in [4.78, 5) is 6.69. The van der Waals surface area contributed by atoms with Crippen molar-refractivity contribution in [1.82, 2.24) is 10.3 Å². The lowest BCUT2D eigenvalue weighted by atomic mass is 10.1. The molecular formula is C12H19N3. The number of hydrogen-bond donors (Lipinski definition) is 1. The minimum Gasteiger partial charge on any atom is -0.353 e. The molecule has 0 aliphatic carbocycles. The summed E-state index contributed by atoms with van der Waals surface area (Å²) in [5.41, 5.74) is 1.28. The van der Waals surface area contributed by atoms with Crippen molar-refractivity contribution in [3.63, 3.8) is 0 Å². The maximum Gasteiger partial charge on any atom is 0.128 e. The topological polar surface area (TPSA) is 28.2 Å². The van der Waals surface area contributed by atoms with Crippen LogP contribution in [0.15, 0.2) is 18.3 Å². The van der Waals surface area contributed by atoms with Crippen LogP contribution in [0.2, 0.25) is 0 Å². The van der Waals surface area contributed by atoms with Gasteiger partial charge in [0, 0.05) is 31.4 Å². The molecule has 1 N–H and O–H groups in total. The van der Waals surface area contributed by atoms with Gasteiger partial charge in [-0.25, -0.2) is 4.98 Å². The van der Waals surface area contributed by atoms with Gasteiger partial charge in [-0.3, -0.25) is 0 Å². The number of nitrogens with one attached hydrogen (secondary N) is 1. The first kappa shape index (κ1) is 10.4. The molecule has 1 saturated heterocycles. The lowest BCUT2D eigenvalue weighted by Gasteiger charge is -2.41. The maximum absolute atomic E-state index is 4.37. The maximum atomic E-state index is 4.37. The minimum atomic E-state index is 0.572. The predicted molar refractivity (Wildman–Crippen MR) is 63.2 cm³/mol. The van der Waals surface area contributed by atoms with E-state index in [2.05, 4.69) is 42.0 Å². The standard InChI is InChI=1S/C12H19N3/c1-9(2)14-11-7-15(8-11)12-6-10(3)4-5-13-12/h4-6,9,11,14H,7-8H2,1-3H3. The molecule has 0 radical (unpaired) electrons. The Bertz CT molecular complexity index is 329. The van der Waals surface area contributed by atoms with E-state index in [0.717, 1.165) is 18.9 Å². The highest BCUT2D eigenvalue weighted by Crippen LogP contribution is 2.19. The molecule has 0 saturated carbocycles. The summed E-state index contributed by atoms with van der Waals surface area (Å²) < 4.78 is 0. The molecule has 2 rings (SSSR count). The number of aromatic nitrogens is 1. The fourth-order valence-electron chi connectivity index (χ4n) is 1.94. The summed E-state index contributed by atoms with van der Waals surface area (Å²) in [6.45, 7) is 8.64. The normalized spacial score (nSPS) is 16.9. The van der Waals surface area contributed by atoms with E-state index in [1.54, 1.807) is 0 Å². The molecule has 0 unspecified atom stereocenters. The molecule has 1 aromatic rings. The summed E-state index contributed by atoms with van der Waals surface area (Å²) in [6, 6.07) is 5.38. The van der Waals surface area contributed by atoms with E-state index in [-0.39, 0.29) is 0 Å². The molecule has 82 valence electrons. The summed E-state index contributed by atoms with van der Waals surface area (Å²) in [5, 5.41) is 3.52. The summed E-state index contributed by atoms with van der Waals surface area (Å²) in [6.07, 6.45) is 1.88. The molecule has 0 bridgehead atoms. The third-order valence-corrected chi connectivity index (χ3v) is 2.68. The van der Waals surface area contributed by atoms with Gasteiger partial charge in [0.2, 0.25) is 0 Å². The van der Waals surface area contributed by atoms with Crippen molar-refractivity contribution in [3.05, 3.63) is 23.9 Å². The zero-order valence-electron chi connectivity index (χ0n) is 9.70. The molecule has 3 heteroatoms. The van der Waals surface area contributed by atoms with E-state index in [1.807, 2.05) is 12.3 Å². The zero-order chi connectivity index (χ0) is 10.8. The minimum absolute atomic E-state index is 0.572. The molecule has 1 aromatic heterocycles. The molecule has 3 nitrogen and oxygen atoms in total. The average molecular weight is 205 g/mol. The molecule has 2 heterocycles. The highest BCUT2D eigenvalue weighted by Gasteiger charge is 2.27. The number of nitrogens with zero attached hydrogens (tertiary/aromatic N) is 2. The van der Waals surface area contributed by atoms with Crippen LogP contribution in [-0.4, -0.2) is 30.2 Å². The highest BCUT2D eigenvalue weighted by atomic mass is 15.3. The van der Waals surface area contributed by atoms with Crippen molar-refractivity contribution in [1.29, 1.82) is 0 Å². The van der Waals surface area contributed by atoms with E-state index < -0.39 is 0 Å². The first-order chi connectivity index (χ1) is 7.15. The van der Waals surface area contributed by atoms with Gasteiger partial charge in [0.05, 0.1) is 0 Å². The molecular weight excluding hydrogens is 186 g/mol. The fraction of sp³-hybridized carbons (Fsp3) is 0.583. The van der Waals surface area contributed by atoms with E-state index >= 15 is 0 Å². The van der Waals surface area contributed by atoms with Crippen LogP contribution in [0.25, 0.3) is 0 Å². The largest absolute Gasteiger partial charge is 0.353 e. The molecule has 15 heavy (non-hydrogen) atoms. The molecule has 0 atom stereocenters. The van der Waals surface area contributed by atoms with Gasteiger partial charge in [-0.05, 0) is 24.6 Å². The number of rotatable bonds is 3. The zero-order valence-corrected chi connectivity index (χ0v) is 9.70. The van der Waals surface area contributed by atoms with Gasteiger partial charge < -0.3 is 10.2 Å². The Labute approximate surface area is 91.5 Å². The third kappa shape index (κ3) is 2.48. The van der Waals surface area contributed by atoms with Crippen LogP contribution >= 0.6 is 0 Å². The average Bonchev–Trinajstić information content (AvgIpc) is 2.10. The lowest BCUT2D eigenvalue weighted by Crippen LogP contribution is -2.59. The van der Waals surface area contributed by atoms with Crippen molar-refractivity contribution >= 4 is 5.82 Å². The van der Waals surface area contributed by atoms with Crippen molar-refractivity contribution in [2.75, 3.05) is 18.0 Å². The Morgan fingerprint density at radius 3 is 2.80 bits per heavy atom. The van der Waals surface area contributed by atoms with E-state index in [9.17, 15) is 0 Å². The fourth-order valence-corrected chi connectivity index (χ4v) is 1.94. The van der Waals surface area contributed by atoms with Crippen LogP contribution in [0, 0.1) is 6.92 Å². The Kier molecular flexibility index (Phi) is 2.91. The second-order valence-corrected chi connectivity index (χ2v) is 4.61. The predicted octanol–water partition coefficient (Wildman–Crippen LogP) is 1.58. The first-order valence-corrected chi connectivity index (χ1v) is 5.59. The van der Waals surface area contributed by atoms with Gasteiger partial charge >= 0.3 is 0 Å². The monoisotopic (exact) mass is 205 g/mol. The van der Waals surface area contributed by atoms with Gasteiger partial charge in [-0.15, -0.1) is 0 Å². The van der Waals surface area contributed by atoms with Crippen molar-refractivity contribution in [2.24, 2.45) is 0 Å². The molecule has 1 aliphatic rings. The lowest BCUT2D eigenvalue weighted by molar-refractivity contribution is 0.387. The number of anilines is 1. The number of hydrogen-bond acceptors (Lipinski definition) is 3. The Morgan fingerprint density at radius 1 is 1.47 bits per heavy atom. The Morgan fingerprint density at radius 2 is 2.20 bits per heavy atom. The van der Waals surface area contributed by atoms with E-state index in [1.165, 1.54) is 5.56 Å². The number of aryl methyl sites for hydroxylation is 1. The quantitative estimate of drug-likeness (QED) is 0.812. The molecule has 0 spiro atoms.